The standard InChI is InChI=1S/C20H32F2N4/c1-14(2)12-26-9-5-6-16(13-26)11-24-20(23-4)25-15(3)18-8-7-17(21)10-19(18)22/h7-8,10,14-16H,5-6,9,11-13H2,1-4H3,(H2,23,24,25). The molecule has 2 rings (SSSR count). The second-order valence-electron chi connectivity index (χ2n) is 7.65. The van der Waals surface area contributed by atoms with Gasteiger partial charge in [-0.3, -0.25) is 4.99 Å². The normalized spacial score (nSPS) is 20.3. The molecule has 4 nitrogen and oxygen atoms in total. The van der Waals surface area contributed by atoms with Crippen LogP contribution in [-0.4, -0.2) is 44.1 Å². The summed E-state index contributed by atoms with van der Waals surface area (Å²) in [5.41, 5.74) is 0.426. The molecule has 1 saturated heterocycles. The fourth-order valence-electron chi connectivity index (χ4n) is 3.57. The Bertz CT molecular complexity index is 603. The fraction of sp³-hybridized carbons (Fsp3) is 0.650. The summed E-state index contributed by atoms with van der Waals surface area (Å²) in [6.45, 7) is 10.6. The van der Waals surface area contributed by atoms with Crippen LogP contribution in [0.1, 0.15) is 45.2 Å². The number of guanidine groups is 1. The Labute approximate surface area is 156 Å². The van der Waals surface area contributed by atoms with Gasteiger partial charge in [0.2, 0.25) is 0 Å². The summed E-state index contributed by atoms with van der Waals surface area (Å²) < 4.78 is 27.0. The van der Waals surface area contributed by atoms with Crippen molar-refractivity contribution in [1.29, 1.82) is 0 Å². The first-order chi connectivity index (χ1) is 12.4. The van der Waals surface area contributed by atoms with Crippen LogP contribution in [0.3, 0.4) is 0 Å². The zero-order chi connectivity index (χ0) is 19.1. The molecule has 1 aromatic rings. The van der Waals surface area contributed by atoms with Gasteiger partial charge >= 0.3 is 0 Å². The zero-order valence-electron chi connectivity index (χ0n) is 16.4. The van der Waals surface area contributed by atoms with Gasteiger partial charge in [0.15, 0.2) is 5.96 Å². The van der Waals surface area contributed by atoms with Gasteiger partial charge in [-0.05, 0) is 44.2 Å². The van der Waals surface area contributed by atoms with Crippen molar-refractivity contribution in [3.8, 4) is 0 Å². The van der Waals surface area contributed by atoms with Crippen LogP contribution in [0.15, 0.2) is 23.2 Å². The first-order valence-corrected chi connectivity index (χ1v) is 9.53. The maximum Gasteiger partial charge on any atom is 0.191 e. The second kappa shape index (κ2) is 9.86. The molecule has 0 aromatic heterocycles. The summed E-state index contributed by atoms with van der Waals surface area (Å²) in [5.74, 6) is 0.796. The highest BCUT2D eigenvalue weighted by Crippen LogP contribution is 2.18. The van der Waals surface area contributed by atoms with E-state index in [4.69, 9.17) is 0 Å². The lowest BCUT2D eigenvalue weighted by Crippen LogP contribution is -2.45. The Morgan fingerprint density at radius 3 is 2.73 bits per heavy atom. The Balaban J connectivity index is 1.85. The Hall–Kier alpha value is -1.69. The Morgan fingerprint density at radius 1 is 1.31 bits per heavy atom. The third-order valence-corrected chi connectivity index (χ3v) is 4.79. The van der Waals surface area contributed by atoms with Crippen molar-refractivity contribution in [2.75, 3.05) is 33.2 Å². The number of nitrogens with zero attached hydrogens (tertiary/aromatic N) is 2. The maximum absolute atomic E-state index is 13.9. The number of halogens is 2. The predicted molar refractivity (Wildman–Crippen MR) is 103 cm³/mol. The van der Waals surface area contributed by atoms with Crippen LogP contribution in [-0.2, 0) is 0 Å². The highest BCUT2D eigenvalue weighted by Gasteiger charge is 2.21. The quantitative estimate of drug-likeness (QED) is 0.597. The molecule has 26 heavy (non-hydrogen) atoms. The molecule has 2 atom stereocenters. The summed E-state index contributed by atoms with van der Waals surface area (Å²) in [7, 11) is 1.70. The molecule has 1 aliphatic rings. The van der Waals surface area contributed by atoms with Crippen LogP contribution < -0.4 is 10.6 Å². The number of hydrogen-bond acceptors (Lipinski definition) is 2. The summed E-state index contributed by atoms with van der Waals surface area (Å²) in [6, 6.07) is 3.36. The van der Waals surface area contributed by atoms with Gasteiger partial charge in [0.1, 0.15) is 11.6 Å². The van der Waals surface area contributed by atoms with Crippen LogP contribution in [0.5, 0.6) is 0 Å². The van der Waals surface area contributed by atoms with Crippen LogP contribution in [0.2, 0.25) is 0 Å². The molecule has 1 aromatic carbocycles. The van der Waals surface area contributed by atoms with Crippen molar-refractivity contribution in [3.63, 3.8) is 0 Å². The van der Waals surface area contributed by atoms with Gasteiger partial charge in [0.05, 0.1) is 6.04 Å². The summed E-state index contributed by atoms with van der Waals surface area (Å²) in [4.78, 5) is 6.77. The minimum atomic E-state index is -0.566. The average molecular weight is 367 g/mol. The molecule has 1 heterocycles. The SMILES string of the molecule is CN=C(NCC1CCCN(CC(C)C)C1)NC(C)c1ccc(F)cc1F. The molecule has 0 radical (unpaired) electrons. The van der Waals surface area contributed by atoms with Gasteiger partial charge < -0.3 is 15.5 Å². The van der Waals surface area contributed by atoms with Crippen LogP contribution >= 0.6 is 0 Å². The Morgan fingerprint density at radius 2 is 2.08 bits per heavy atom. The molecule has 2 N–H and O–H groups in total. The van der Waals surface area contributed by atoms with Gasteiger partial charge in [-0.25, -0.2) is 8.78 Å². The number of hydrogen-bond donors (Lipinski definition) is 2. The van der Waals surface area contributed by atoms with Crippen molar-refractivity contribution in [2.24, 2.45) is 16.8 Å². The van der Waals surface area contributed by atoms with Gasteiger partial charge in [0.25, 0.3) is 0 Å². The molecule has 6 heteroatoms. The third kappa shape index (κ3) is 6.24. The molecule has 2 unspecified atom stereocenters. The van der Waals surface area contributed by atoms with Gasteiger partial charge in [0, 0.05) is 38.3 Å². The molecular weight excluding hydrogens is 334 g/mol. The number of likely N-dealkylation sites (tertiary alicyclic amines) is 1. The second-order valence-corrected chi connectivity index (χ2v) is 7.65. The lowest BCUT2D eigenvalue weighted by atomic mass is 9.97. The van der Waals surface area contributed by atoms with E-state index in [1.807, 2.05) is 6.92 Å². The van der Waals surface area contributed by atoms with E-state index in [1.54, 1.807) is 7.05 Å². The zero-order valence-corrected chi connectivity index (χ0v) is 16.4. The molecule has 0 aliphatic carbocycles. The van der Waals surface area contributed by atoms with Crippen molar-refractivity contribution in [1.82, 2.24) is 15.5 Å². The van der Waals surface area contributed by atoms with E-state index < -0.39 is 11.6 Å². The summed E-state index contributed by atoms with van der Waals surface area (Å²) in [6.07, 6.45) is 2.43. The molecule has 0 saturated carbocycles. The monoisotopic (exact) mass is 366 g/mol. The van der Waals surface area contributed by atoms with E-state index in [0.29, 0.717) is 23.4 Å². The highest BCUT2D eigenvalue weighted by atomic mass is 19.1. The Kier molecular flexibility index (Phi) is 7.82. The molecule has 0 spiro atoms. The van der Waals surface area contributed by atoms with Gasteiger partial charge in [-0.15, -0.1) is 0 Å². The smallest absolute Gasteiger partial charge is 0.191 e. The molecule has 1 fully saturated rings. The van der Waals surface area contributed by atoms with Crippen molar-refractivity contribution < 1.29 is 8.78 Å². The van der Waals surface area contributed by atoms with E-state index in [1.165, 1.54) is 31.5 Å². The lowest BCUT2D eigenvalue weighted by Gasteiger charge is -2.34. The van der Waals surface area contributed by atoms with Crippen molar-refractivity contribution in [2.45, 2.75) is 39.7 Å². The highest BCUT2D eigenvalue weighted by molar-refractivity contribution is 5.80. The minimum Gasteiger partial charge on any atom is -0.356 e. The minimum absolute atomic E-state index is 0.300. The first-order valence-electron chi connectivity index (χ1n) is 9.53. The van der Waals surface area contributed by atoms with E-state index >= 15 is 0 Å². The molecule has 0 bridgehead atoms. The van der Waals surface area contributed by atoms with E-state index in [9.17, 15) is 8.78 Å². The van der Waals surface area contributed by atoms with Crippen LogP contribution in [0.25, 0.3) is 0 Å². The van der Waals surface area contributed by atoms with Crippen LogP contribution in [0, 0.1) is 23.5 Å². The number of piperidine rings is 1. The number of rotatable bonds is 6. The van der Waals surface area contributed by atoms with E-state index in [2.05, 4.69) is 34.4 Å². The van der Waals surface area contributed by atoms with Gasteiger partial charge in [-0.2, -0.15) is 0 Å². The number of benzene rings is 1. The number of nitrogens with one attached hydrogen (secondary N) is 2. The summed E-state index contributed by atoms with van der Waals surface area (Å²) >= 11 is 0. The third-order valence-electron chi connectivity index (χ3n) is 4.79. The fourth-order valence-corrected chi connectivity index (χ4v) is 3.57. The van der Waals surface area contributed by atoms with Crippen LogP contribution in [0.4, 0.5) is 8.78 Å². The van der Waals surface area contributed by atoms with Crippen molar-refractivity contribution >= 4 is 5.96 Å². The largest absolute Gasteiger partial charge is 0.356 e. The molecule has 146 valence electrons. The maximum atomic E-state index is 13.9. The van der Waals surface area contributed by atoms with E-state index in [-0.39, 0.29) is 6.04 Å². The lowest BCUT2D eigenvalue weighted by molar-refractivity contribution is 0.159. The first kappa shape index (κ1) is 20.6. The predicted octanol–water partition coefficient (Wildman–Crippen LogP) is 3.56. The number of aliphatic imine (C=N–C) groups is 1. The summed E-state index contributed by atoms with van der Waals surface area (Å²) in [5, 5.41) is 6.55. The average Bonchev–Trinajstić information content (AvgIpc) is 2.58. The van der Waals surface area contributed by atoms with Gasteiger partial charge in [-0.1, -0.05) is 19.9 Å². The topological polar surface area (TPSA) is 39.7 Å². The molecule has 1 aliphatic heterocycles. The molecular formula is C20H32F2N4. The molecule has 0 amide bonds. The van der Waals surface area contributed by atoms with Crippen molar-refractivity contribution in [3.05, 3.63) is 35.4 Å². The van der Waals surface area contributed by atoms with E-state index in [0.717, 1.165) is 25.7 Å².